The largest absolute Gasteiger partial charge is 0.323 e. The van der Waals surface area contributed by atoms with Gasteiger partial charge in [-0.3, -0.25) is 14.5 Å². The number of hydrogen-bond acceptors (Lipinski definition) is 3. The van der Waals surface area contributed by atoms with Crippen LogP contribution in [0, 0.1) is 0 Å². The minimum absolute atomic E-state index is 0.0517. The number of carbonyl (C=O) groups excluding carboxylic acids is 2. The van der Waals surface area contributed by atoms with Gasteiger partial charge >= 0.3 is 0 Å². The first kappa shape index (κ1) is 14.8. The fraction of sp³-hybridized carbons (Fsp3) is 0.176. The quantitative estimate of drug-likeness (QED) is 0.809. The Kier molecular flexibility index (Phi) is 3.28. The van der Waals surface area contributed by atoms with Crippen LogP contribution in [0.25, 0.3) is 0 Å². The number of hydrogen-bond donors (Lipinski definition) is 1. The zero-order valence-corrected chi connectivity index (χ0v) is 14.6. The highest BCUT2D eigenvalue weighted by Crippen LogP contribution is 2.55. The van der Waals surface area contributed by atoms with Gasteiger partial charge in [-0.2, -0.15) is 0 Å². The molecule has 2 aliphatic heterocycles. The molecule has 0 saturated carbocycles. The van der Waals surface area contributed by atoms with Crippen molar-refractivity contribution in [3.8, 4) is 0 Å². The normalized spacial score (nSPS) is 25.8. The lowest BCUT2D eigenvalue weighted by Gasteiger charge is -2.32. The standard InChI is InChI=1S/C17H13BrN2O2S/c1-10-15(21)20(12-8-6-11(18)7-9-12)17(23-10)13-4-2-3-5-14(13)19-16(17)22/h2-10H,1H3,(H,19,22)/t10-,17-/m1/s1. The van der Waals surface area contributed by atoms with Crippen LogP contribution in [0.1, 0.15) is 12.5 Å². The summed E-state index contributed by atoms with van der Waals surface area (Å²) in [6.45, 7) is 1.85. The molecule has 4 nitrogen and oxygen atoms in total. The predicted octanol–water partition coefficient (Wildman–Crippen LogP) is 3.72. The monoisotopic (exact) mass is 388 g/mol. The number of nitrogens with one attached hydrogen (secondary N) is 1. The second-order valence-electron chi connectivity index (χ2n) is 5.55. The molecule has 2 amide bonds. The van der Waals surface area contributed by atoms with E-state index >= 15 is 0 Å². The van der Waals surface area contributed by atoms with E-state index in [0.29, 0.717) is 0 Å². The molecule has 2 aromatic carbocycles. The number of benzene rings is 2. The smallest absolute Gasteiger partial charge is 0.266 e. The van der Waals surface area contributed by atoms with Gasteiger partial charge in [0.1, 0.15) is 0 Å². The van der Waals surface area contributed by atoms with Crippen molar-refractivity contribution in [2.24, 2.45) is 0 Å². The topological polar surface area (TPSA) is 49.4 Å². The Morgan fingerprint density at radius 1 is 1.13 bits per heavy atom. The van der Waals surface area contributed by atoms with Crippen LogP contribution in [0.4, 0.5) is 11.4 Å². The van der Waals surface area contributed by atoms with Crippen LogP contribution in [0.5, 0.6) is 0 Å². The molecule has 2 aromatic rings. The molecule has 1 spiro atoms. The van der Waals surface area contributed by atoms with Crippen LogP contribution in [0.15, 0.2) is 53.0 Å². The van der Waals surface area contributed by atoms with Crippen LogP contribution in [0.3, 0.4) is 0 Å². The zero-order chi connectivity index (χ0) is 16.2. The minimum atomic E-state index is -1.03. The van der Waals surface area contributed by atoms with Gasteiger partial charge in [-0.1, -0.05) is 34.1 Å². The van der Waals surface area contributed by atoms with Crippen LogP contribution in [0.2, 0.25) is 0 Å². The molecule has 2 aliphatic rings. The maximum absolute atomic E-state index is 12.9. The number of para-hydroxylation sites is 1. The average Bonchev–Trinajstić information content (AvgIpc) is 2.97. The van der Waals surface area contributed by atoms with Crippen molar-refractivity contribution < 1.29 is 9.59 Å². The molecule has 4 rings (SSSR count). The minimum Gasteiger partial charge on any atom is -0.323 e. The Hall–Kier alpha value is -1.79. The maximum atomic E-state index is 12.9. The van der Waals surface area contributed by atoms with Crippen LogP contribution < -0.4 is 10.2 Å². The van der Waals surface area contributed by atoms with Gasteiger partial charge in [0, 0.05) is 21.4 Å². The summed E-state index contributed by atoms with van der Waals surface area (Å²) in [5.74, 6) is -0.214. The van der Waals surface area contributed by atoms with E-state index < -0.39 is 4.87 Å². The summed E-state index contributed by atoms with van der Waals surface area (Å²) < 4.78 is 0.930. The Bertz CT molecular complexity index is 824. The average molecular weight is 389 g/mol. The van der Waals surface area contributed by atoms with E-state index in [4.69, 9.17) is 0 Å². The van der Waals surface area contributed by atoms with Crippen molar-refractivity contribution in [2.75, 3.05) is 10.2 Å². The van der Waals surface area contributed by atoms with E-state index in [2.05, 4.69) is 21.2 Å². The third-order valence-corrected chi connectivity index (χ3v) is 6.18. The van der Waals surface area contributed by atoms with Crippen molar-refractivity contribution in [1.82, 2.24) is 0 Å². The lowest BCUT2D eigenvalue weighted by Crippen LogP contribution is -2.47. The molecule has 0 unspecified atom stereocenters. The first-order valence-corrected chi connectivity index (χ1v) is 8.90. The Morgan fingerprint density at radius 3 is 2.57 bits per heavy atom. The van der Waals surface area contributed by atoms with E-state index in [1.165, 1.54) is 11.8 Å². The highest BCUT2D eigenvalue weighted by molar-refractivity contribution is 9.10. The van der Waals surface area contributed by atoms with E-state index in [-0.39, 0.29) is 17.1 Å². The van der Waals surface area contributed by atoms with Crippen LogP contribution in [-0.4, -0.2) is 17.1 Å². The van der Waals surface area contributed by atoms with Crippen molar-refractivity contribution >= 4 is 50.9 Å². The van der Waals surface area contributed by atoms with Gasteiger partial charge in [-0.05, 0) is 37.3 Å². The number of nitrogens with zero attached hydrogens (tertiary/aromatic N) is 1. The summed E-state index contributed by atoms with van der Waals surface area (Å²) in [7, 11) is 0. The molecule has 2 heterocycles. The number of thioether (sulfide) groups is 1. The first-order chi connectivity index (χ1) is 11.0. The molecule has 1 N–H and O–H groups in total. The fourth-order valence-corrected chi connectivity index (χ4v) is 4.90. The molecule has 0 aliphatic carbocycles. The van der Waals surface area contributed by atoms with Gasteiger partial charge in [0.05, 0.1) is 5.25 Å². The lowest BCUT2D eigenvalue weighted by atomic mass is 10.0. The predicted molar refractivity (Wildman–Crippen MR) is 95.4 cm³/mol. The summed E-state index contributed by atoms with van der Waals surface area (Å²) in [4.78, 5) is 26.3. The Labute approximate surface area is 146 Å². The summed E-state index contributed by atoms with van der Waals surface area (Å²) >= 11 is 4.80. The van der Waals surface area contributed by atoms with Crippen LogP contribution >= 0.6 is 27.7 Å². The van der Waals surface area contributed by atoms with E-state index in [1.54, 1.807) is 4.90 Å². The Morgan fingerprint density at radius 2 is 1.83 bits per heavy atom. The molecule has 1 saturated heterocycles. The molecule has 116 valence electrons. The first-order valence-electron chi connectivity index (χ1n) is 7.22. The highest BCUT2D eigenvalue weighted by atomic mass is 79.9. The number of carbonyl (C=O) groups is 2. The lowest BCUT2D eigenvalue weighted by molar-refractivity contribution is -0.122. The number of anilines is 2. The molecule has 1 fully saturated rings. The molecule has 0 radical (unpaired) electrons. The fourth-order valence-electron chi connectivity index (χ4n) is 3.15. The van der Waals surface area contributed by atoms with Gasteiger partial charge in [0.15, 0.2) is 0 Å². The molecule has 23 heavy (non-hydrogen) atoms. The number of fused-ring (bicyclic) bond motifs is 2. The second kappa shape index (κ2) is 5.11. The summed E-state index contributed by atoms with van der Waals surface area (Å²) in [5, 5.41) is 2.64. The Balaban J connectivity index is 1.94. The molecular formula is C17H13BrN2O2S. The molecule has 0 aromatic heterocycles. The van der Waals surface area contributed by atoms with Gasteiger partial charge in [0.25, 0.3) is 5.91 Å². The van der Waals surface area contributed by atoms with E-state index in [1.807, 2.05) is 55.5 Å². The third kappa shape index (κ3) is 1.98. The molecule has 6 heteroatoms. The van der Waals surface area contributed by atoms with E-state index in [0.717, 1.165) is 21.4 Å². The van der Waals surface area contributed by atoms with Gasteiger partial charge in [0.2, 0.25) is 10.8 Å². The summed E-state index contributed by atoms with van der Waals surface area (Å²) in [5.41, 5.74) is 2.34. The summed E-state index contributed by atoms with van der Waals surface area (Å²) in [6, 6.07) is 15.0. The number of rotatable bonds is 1. The third-order valence-electron chi connectivity index (χ3n) is 4.16. The highest BCUT2D eigenvalue weighted by Gasteiger charge is 2.60. The summed E-state index contributed by atoms with van der Waals surface area (Å²) in [6.07, 6.45) is 0. The number of amides is 2. The maximum Gasteiger partial charge on any atom is 0.266 e. The van der Waals surface area contributed by atoms with Crippen molar-refractivity contribution in [3.63, 3.8) is 0 Å². The van der Waals surface area contributed by atoms with Crippen molar-refractivity contribution in [3.05, 3.63) is 58.6 Å². The molecular weight excluding hydrogens is 376 g/mol. The van der Waals surface area contributed by atoms with Gasteiger partial charge in [-0.25, -0.2) is 0 Å². The van der Waals surface area contributed by atoms with E-state index in [9.17, 15) is 9.59 Å². The van der Waals surface area contributed by atoms with Crippen LogP contribution in [-0.2, 0) is 14.5 Å². The zero-order valence-electron chi connectivity index (χ0n) is 12.2. The van der Waals surface area contributed by atoms with Gasteiger partial charge < -0.3 is 5.32 Å². The van der Waals surface area contributed by atoms with Crippen molar-refractivity contribution in [2.45, 2.75) is 17.0 Å². The van der Waals surface area contributed by atoms with Crippen molar-refractivity contribution in [1.29, 1.82) is 0 Å². The molecule has 0 bridgehead atoms. The molecule has 2 atom stereocenters. The second-order valence-corrected chi connectivity index (χ2v) is 8.00. The van der Waals surface area contributed by atoms with Gasteiger partial charge in [-0.15, -0.1) is 11.8 Å². The number of halogens is 1. The SMILES string of the molecule is C[C@H]1S[C@]2(C(=O)Nc3ccccc32)N(c2ccc(Br)cc2)C1=O.